The molecule has 0 radical (unpaired) electrons. The first-order valence-corrected chi connectivity index (χ1v) is 28.3. The molecule has 438 valence electrons. The van der Waals surface area contributed by atoms with Crippen LogP contribution in [0.4, 0.5) is 10.5 Å². The topological polar surface area (TPSA) is 274 Å². The van der Waals surface area contributed by atoms with Gasteiger partial charge >= 0.3 is 12.1 Å². The number of esters is 1. The fourth-order valence-electron chi connectivity index (χ4n) is 11.5. The molecule has 4 fully saturated rings. The van der Waals surface area contributed by atoms with Crippen molar-refractivity contribution in [3.8, 4) is 0 Å². The molecule has 24 heteroatoms. The molecule has 1 amide bonds. The van der Waals surface area contributed by atoms with Gasteiger partial charge in [-0.3, -0.25) is 14.7 Å². The van der Waals surface area contributed by atoms with Crippen LogP contribution in [0, 0.1) is 17.8 Å². The average Bonchev–Trinajstić information content (AvgIpc) is 3.98. The maximum Gasteiger partial charge on any atom is 0.419 e. The van der Waals surface area contributed by atoms with Gasteiger partial charge in [-0.25, -0.2) is 17.5 Å². The van der Waals surface area contributed by atoms with Crippen LogP contribution in [0.3, 0.4) is 0 Å². The Morgan fingerprint density at radius 3 is 2.22 bits per heavy atom. The van der Waals surface area contributed by atoms with Crippen LogP contribution < -0.4 is 15.9 Å². The maximum absolute atomic E-state index is 14.5. The van der Waals surface area contributed by atoms with Crippen LogP contribution >= 0.6 is 0 Å². The van der Waals surface area contributed by atoms with Crippen LogP contribution in [0.5, 0.6) is 0 Å². The number of sulfonamides is 1. The predicted octanol–water partition coefficient (Wildman–Crippen LogP) is 2.58. The third-order valence-corrected chi connectivity index (χ3v) is 18.3. The summed E-state index contributed by atoms with van der Waals surface area (Å²) in [5.41, 5.74) is 2.83. The smallest absolute Gasteiger partial charge is 0.419 e. The van der Waals surface area contributed by atoms with Gasteiger partial charge in [-0.15, -0.1) is 5.53 Å². The van der Waals surface area contributed by atoms with Crippen molar-refractivity contribution in [1.82, 2.24) is 30.1 Å². The first-order chi connectivity index (χ1) is 35.8. The van der Waals surface area contributed by atoms with Gasteiger partial charge in [0, 0.05) is 82.7 Å². The number of nitrogens with zero attached hydrogens (tertiary/aromatic N) is 5. The lowest BCUT2D eigenvalue weighted by atomic mass is 9.77. The number of amides is 1. The minimum Gasteiger partial charge on any atom is -0.459 e. The van der Waals surface area contributed by atoms with E-state index in [1.165, 1.54) is 45.2 Å². The summed E-state index contributed by atoms with van der Waals surface area (Å²) in [6, 6.07) is 4.92. The van der Waals surface area contributed by atoms with E-state index in [2.05, 4.69) is 11.0 Å². The molecule has 23 nitrogen and oxygen atoms in total. The summed E-state index contributed by atoms with van der Waals surface area (Å²) >= 11 is 0. The number of cyclic esters (lactones) is 2. The highest BCUT2D eigenvalue weighted by Gasteiger charge is 2.53. The summed E-state index contributed by atoms with van der Waals surface area (Å²) in [5.74, 6) is -2.55. The molecule has 0 unspecified atom stereocenters. The Bertz CT molecular complexity index is 2340. The molecule has 5 aliphatic rings. The highest BCUT2D eigenvalue weighted by Crippen LogP contribution is 2.41. The van der Waals surface area contributed by atoms with Gasteiger partial charge in [-0.2, -0.15) is 0 Å². The molecular weight excluding hydrogens is 1020 g/mol. The highest BCUT2D eigenvalue weighted by molar-refractivity contribution is 7.89. The number of methoxy groups -OCH3 is 1. The van der Waals surface area contributed by atoms with E-state index in [4.69, 9.17) is 33.2 Å². The molecule has 0 aliphatic carbocycles. The van der Waals surface area contributed by atoms with Crippen LogP contribution in [0.15, 0.2) is 53.0 Å². The molecule has 7 N–H and O–H groups in total. The molecule has 0 saturated carbocycles. The number of hydrogen-bond donors (Lipinski definition) is 7. The number of carbonyl (C=O) groups excluding carboxylic acids is 2. The lowest BCUT2D eigenvalue weighted by Gasteiger charge is -2.49. The Kier molecular flexibility index (Phi) is 20.4. The van der Waals surface area contributed by atoms with Gasteiger partial charge in [-0.05, 0) is 112 Å². The summed E-state index contributed by atoms with van der Waals surface area (Å²) in [6.45, 7) is 18.4. The quantitative estimate of drug-likeness (QED) is 0.132. The number of aliphatic hydroxyl groups excluding tert-OH is 3. The number of hydrazine groups is 2. The van der Waals surface area contributed by atoms with Crippen LogP contribution in [-0.4, -0.2) is 210 Å². The minimum absolute atomic E-state index is 0.0792. The molecule has 0 spiro atoms. The van der Waals surface area contributed by atoms with Gasteiger partial charge in [0.15, 0.2) is 12.6 Å². The Labute approximate surface area is 455 Å². The van der Waals surface area contributed by atoms with E-state index in [1.54, 1.807) is 71.8 Å². The molecule has 77 heavy (non-hydrogen) atoms. The van der Waals surface area contributed by atoms with Crippen molar-refractivity contribution in [2.75, 3.05) is 59.8 Å². The number of carbonyl (C=O) groups is 2. The van der Waals surface area contributed by atoms with Gasteiger partial charge in [-0.1, -0.05) is 20.8 Å². The zero-order chi connectivity index (χ0) is 57.3. The molecular formula is C53H89N7O16S. The van der Waals surface area contributed by atoms with Crippen molar-refractivity contribution in [3.05, 3.63) is 48.1 Å². The van der Waals surface area contributed by atoms with E-state index in [0.29, 0.717) is 37.4 Å². The Hall–Kier alpha value is -3.57. The minimum atomic E-state index is -3.64. The fraction of sp³-hybridized carbons (Fsp3) is 0.774. The van der Waals surface area contributed by atoms with Gasteiger partial charge in [0.1, 0.15) is 35.8 Å². The van der Waals surface area contributed by atoms with E-state index in [-0.39, 0.29) is 36.6 Å². The molecule has 6 rings (SSSR count). The largest absolute Gasteiger partial charge is 0.459 e. The molecule has 5 heterocycles. The monoisotopic (exact) mass is 1110 g/mol. The van der Waals surface area contributed by atoms with Crippen LogP contribution in [0.2, 0.25) is 0 Å². The summed E-state index contributed by atoms with van der Waals surface area (Å²) in [4.78, 5) is 32.8. The predicted molar refractivity (Wildman–Crippen MR) is 283 cm³/mol. The zero-order valence-electron chi connectivity index (χ0n) is 47.7. The number of rotatable bonds is 14. The van der Waals surface area contributed by atoms with Crippen LogP contribution in [0.25, 0.3) is 0 Å². The first kappa shape index (κ1) is 62.6. The van der Waals surface area contributed by atoms with Crippen molar-refractivity contribution in [2.45, 2.75) is 197 Å². The first-order valence-electron chi connectivity index (χ1n) is 26.8. The second-order valence-corrected chi connectivity index (χ2v) is 25.2. The van der Waals surface area contributed by atoms with Gasteiger partial charge in [0.2, 0.25) is 10.0 Å². The number of likely N-dealkylation sites (N-methyl/N-ethyl adjacent to an activating group) is 2. The number of benzene rings is 1. The molecule has 4 saturated heterocycles. The van der Waals surface area contributed by atoms with Gasteiger partial charge < -0.3 is 73.9 Å². The maximum atomic E-state index is 14.5. The normalized spacial score (nSPS) is 40.1. The Balaban J connectivity index is 1.22. The van der Waals surface area contributed by atoms with Gasteiger partial charge in [0.05, 0.1) is 59.2 Å². The van der Waals surface area contributed by atoms with E-state index >= 15 is 0 Å². The van der Waals surface area contributed by atoms with E-state index < -0.39 is 124 Å². The second kappa shape index (κ2) is 25.1. The number of hydrogen-bond acceptors (Lipinski definition) is 21. The number of aliphatic hydroxyl groups is 5. The van der Waals surface area contributed by atoms with E-state index in [0.717, 1.165) is 10.0 Å². The van der Waals surface area contributed by atoms with Crippen LogP contribution in [0.1, 0.15) is 101 Å². The molecule has 1 aromatic rings. The van der Waals surface area contributed by atoms with E-state index in [9.17, 15) is 43.5 Å². The molecule has 0 aromatic heterocycles. The van der Waals surface area contributed by atoms with Crippen molar-refractivity contribution >= 4 is 27.8 Å². The number of nitrogens with one attached hydrogen (secondary N) is 2. The Morgan fingerprint density at radius 2 is 1.60 bits per heavy atom. The average molecular weight is 1110 g/mol. The zero-order valence-corrected chi connectivity index (χ0v) is 48.5. The third-order valence-electron chi connectivity index (χ3n) is 16.4. The van der Waals surface area contributed by atoms with Crippen molar-refractivity contribution < 1.29 is 76.7 Å². The lowest BCUT2D eigenvalue weighted by Crippen LogP contribution is -2.61. The van der Waals surface area contributed by atoms with Crippen molar-refractivity contribution in [1.29, 1.82) is 0 Å². The van der Waals surface area contributed by atoms with E-state index in [1.807, 2.05) is 43.9 Å². The summed E-state index contributed by atoms with van der Waals surface area (Å²) in [7, 11) is 4.46. The third kappa shape index (κ3) is 14.1. The SMILES string of the molecule is CC[C@H]1OC(=O)[C@H](C)[C@@H](O[C@H]2C[C@@](C)(OC)[C@@H](O)[C@H](C)O2)[C@H](C)[C@@H](O[C@@H]2O[C@H](C)C[C@H](N(C)CCC3=CN(/C=C4/CN(c5ccc(S(=O)(=O)N(C)C)cc5)C(=O)O4)NN3)[C@H]2O)[C@](C)(O)C[C@@H](C)CN(C)[C@H](C)[C@@H](O)[C@]1(C)O. The van der Waals surface area contributed by atoms with Gasteiger partial charge in [0.25, 0.3) is 0 Å². The van der Waals surface area contributed by atoms with Crippen LogP contribution in [-0.2, 0) is 48.0 Å². The number of anilines is 1. The number of ether oxygens (including phenoxy) is 7. The molecule has 1 aromatic carbocycles. The second-order valence-electron chi connectivity index (χ2n) is 23.1. The summed E-state index contributed by atoms with van der Waals surface area (Å²) in [6.07, 6.45) is -6.16. The summed E-state index contributed by atoms with van der Waals surface area (Å²) < 4.78 is 70.1. The van der Waals surface area contributed by atoms with Crippen molar-refractivity contribution in [2.24, 2.45) is 17.8 Å². The molecule has 18 atom stereocenters. The van der Waals surface area contributed by atoms with Crippen molar-refractivity contribution in [3.63, 3.8) is 0 Å². The molecule has 5 aliphatic heterocycles. The standard InChI is InChI=1S/C53H89N7O16S/c1-16-41-53(10,67)45(62)34(6)58(14)26-30(2)24-51(8,66)47(32(4)44(33(5)48(64)74-41)75-42-25-52(9,70-15)46(63)35(7)72-42)76-49-43(61)40(23-31(3)71-49)57(13)22-21-36-27-59(55-54-36)28-38-29-60(50(65)73-38)37-17-19-39(20-18-37)77(68,69)56(11)12/h17-20,27-28,30-35,40-47,49,54-55,61-63,66-67H,16,21-26,29H2,1-15H3/b38-28-/t30-,31-,32+,33-,34-,35+,40+,41-,42+,43-,44+,45-,46+,47-,49+,51-,52-,53-/m1/s1. The fourth-order valence-corrected chi connectivity index (χ4v) is 12.4. The highest BCUT2D eigenvalue weighted by atomic mass is 32.2. The molecule has 0 bridgehead atoms. The Morgan fingerprint density at radius 1 is 0.935 bits per heavy atom. The lowest BCUT2D eigenvalue weighted by molar-refractivity contribution is -0.318. The summed E-state index contributed by atoms with van der Waals surface area (Å²) in [5, 5.41) is 61.4.